The molecule has 100 valence electrons. The second-order valence-electron chi connectivity index (χ2n) is 4.47. The van der Waals surface area contributed by atoms with Crippen molar-refractivity contribution in [3.8, 4) is 11.6 Å². The van der Waals surface area contributed by atoms with Crippen LogP contribution in [0, 0.1) is 0 Å². The number of nitrogens with zero attached hydrogens (tertiary/aromatic N) is 2. The molecule has 1 heterocycles. The summed E-state index contributed by atoms with van der Waals surface area (Å²) in [4.78, 5) is 13.7. The third kappa shape index (κ3) is 2.54. The summed E-state index contributed by atoms with van der Waals surface area (Å²) in [6.07, 6.45) is 1.41. The van der Waals surface area contributed by atoms with Gasteiger partial charge >= 0.3 is 0 Å². The van der Waals surface area contributed by atoms with Crippen molar-refractivity contribution in [3.05, 3.63) is 47.7 Å². The lowest BCUT2D eigenvalue weighted by molar-refractivity contribution is 0.0782. The summed E-state index contributed by atoms with van der Waals surface area (Å²) in [5.41, 5.74) is 1.09. The van der Waals surface area contributed by atoms with Crippen molar-refractivity contribution in [2.75, 3.05) is 7.05 Å². The van der Waals surface area contributed by atoms with Crippen LogP contribution in [0.25, 0.3) is 0 Å². The van der Waals surface area contributed by atoms with Crippen LogP contribution in [0.15, 0.2) is 36.5 Å². The molecule has 2 N–H and O–H groups in total. The molecule has 0 aliphatic rings. The first-order chi connectivity index (χ1) is 9.00. The molecule has 0 bridgehead atoms. The molecule has 1 aromatic heterocycles. The Hall–Kier alpha value is -2.43. The van der Waals surface area contributed by atoms with E-state index in [1.807, 2.05) is 30.3 Å². The quantitative estimate of drug-likeness (QED) is 0.883. The SMILES string of the molecule is CN(Cc1ccccc1)C(=O)c1cn(C)c(O)c1O. The molecule has 0 aliphatic heterocycles. The molecule has 0 unspecified atom stereocenters. The number of aromatic hydroxyl groups is 2. The first-order valence-corrected chi connectivity index (χ1v) is 5.87. The highest BCUT2D eigenvalue weighted by Crippen LogP contribution is 2.30. The van der Waals surface area contributed by atoms with Crippen molar-refractivity contribution in [3.63, 3.8) is 0 Å². The summed E-state index contributed by atoms with van der Waals surface area (Å²) in [5, 5.41) is 19.2. The van der Waals surface area contributed by atoms with Gasteiger partial charge in [0.2, 0.25) is 5.88 Å². The molecule has 0 radical (unpaired) electrons. The first-order valence-electron chi connectivity index (χ1n) is 5.87. The number of aromatic nitrogens is 1. The minimum Gasteiger partial charge on any atom is -0.503 e. The second kappa shape index (κ2) is 5.06. The number of hydrogen-bond acceptors (Lipinski definition) is 3. The monoisotopic (exact) mass is 260 g/mol. The van der Waals surface area contributed by atoms with E-state index in [0.717, 1.165) is 5.56 Å². The van der Waals surface area contributed by atoms with Gasteiger partial charge in [-0.15, -0.1) is 0 Å². The van der Waals surface area contributed by atoms with E-state index >= 15 is 0 Å². The Kier molecular flexibility index (Phi) is 3.46. The number of carbonyl (C=O) groups is 1. The van der Waals surface area contributed by atoms with Crippen LogP contribution in [-0.4, -0.2) is 32.6 Å². The zero-order valence-electron chi connectivity index (χ0n) is 10.9. The van der Waals surface area contributed by atoms with Crippen LogP contribution in [0.4, 0.5) is 0 Å². The van der Waals surface area contributed by atoms with Crippen LogP contribution in [0.3, 0.4) is 0 Å². The van der Waals surface area contributed by atoms with E-state index in [1.165, 1.54) is 15.7 Å². The summed E-state index contributed by atoms with van der Waals surface area (Å²) < 4.78 is 1.30. The molecule has 0 aliphatic carbocycles. The fourth-order valence-electron chi connectivity index (χ4n) is 1.89. The Morgan fingerprint density at radius 2 is 1.89 bits per heavy atom. The highest BCUT2D eigenvalue weighted by atomic mass is 16.3. The van der Waals surface area contributed by atoms with E-state index in [1.54, 1.807) is 14.1 Å². The predicted molar refractivity (Wildman–Crippen MR) is 71.0 cm³/mol. The zero-order valence-corrected chi connectivity index (χ0v) is 10.9. The molecule has 0 fully saturated rings. The standard InChI is InChI=1S/C14H16N2O3/c1-15(8-10-6-4-3-5-7-10)13(18)11-9-16(2)14(19)12(11)17/h3-7,9,17,19H,8H2,1-2H3. The van der Waals surface area contributed by atoms with E-state index in [0.29, 0.717) is 6.54 Å². The minimum absolute atomic E-state index is 0.0958. The normalized spacial score (nSPS) is 10.4. The fraction of sp³-hybridized carbons (Fsp3) is 0.214. The van der Waals surface area contributed by atoms with E-state index in [4.69, 9.17) is 0 Å². The van der Waals surface area contributed by atoms with Gasteiger partial charge in [0.25, 0.3) is 5.91 Å². The van der Waals surface area contributed by atoms with Gasteiger partial charge in [-0.25, -0.2) is 0 Å². The molecule has 1 amide bonds. The van der Waals surface area contributed by atoms with Gasteiger partial charge in [0.1, 0.15) is 5.56 Å². The number of carbonyl (C=O) groups excluding carboxylic acids is 1. The Labute approximate surface area is 111 Å². The average molecular weight is 260 g/mol. The number of aryl methyl sites for hydroxylation is 1. The molecule has 1 aromatic carbocycles. The Balaban J connectivity index is 2.17. The van der Waals surface area contributed by atoms with Crippen molar-refractivity contribution in [1.29, 1.82) is 0 Å². The van der Waals surface area contributed by atoms with Crippen LogP contribution in [0.1, 0.15) is 15.9 Å². The maximum Gasteiger partial charge on any atom is 0.259 e. The van der Waals surface area contributed by atoms with E-state index < -0.39 is 0 Å². The molecule has 2 aromatic rings. The predicted octanol–water partition coefficient (Wildman–Crippen LogP) is 1.71. The zero-order chi connectivity index (χ0) is 14.0. The van der Waals surface area contributed by atoms with Gasteiger partial charge in [-0.3, -0.25) is 4.79 Å². The van der Waals surface area contributed by atoms with Crippen LogP contribution in [0.5, 0.6) is 11.6 Å². The second-order valence-corrected chi connectivity index (χ2v) is 4.47. The smallest absolute Gasteiger partial charge is 0.259 e. The van der Waals surface area contributed by atoms with Crippen LogP contribution in [-0.2, 0) is 13.6 Å². The van der Waals surface area contributed by atoms with Gasteiger partial charge in [0, 0.05) is 26.8 Å². The molecular formula is C14H16N2O3. The summed E-state index contributed by atoms with van der Waals surface area (Å²) >= 11 is 0. The van der Waals surface area contributed by atoms with Crippen LogP contribution in [0.2, 0.25) is 0 Å². The minimum atomic E-state index is -0.382. The van der Waals surface area contributed by atoms with Crippen molar-refractivity contribution in [1.82, 2.24) is 9.47 Å². The number of amides is 1. The Bertz CT molecular complexity index is 590. The van der Waals surface area contributed by atoms with Crippen molar-refractivity contribution in [2.24, 2.45) is 7.05 Å². The highest BCUT2D eigenvalue weighted by molar-refractivity contribution is 5.97. The lowest BCUT2D eigenvalue weighted by atomic mass is 10.2. The van der Waals surface area contributed by atoms with Crippen molar-refractivity contribution < 1.29 is 15.0 Å². The van der Waals surface area contributed by atoms with Crippen molar-refractivity contribution in [2.45, 2.75) is 6.54 Å². The molecule has 0 saturated heterocycles. The maximum atomic E-state index is 12.2. The Morgan fingerprint density at radius 3 is 2.42 bits per heavy atom. The fourth-order valence-corrected chi connectivity index (χ4v) is 1.89. The van der Waals surface area contributed by atoms with E-state index in [-0.39, 0.29) is 23.1 Å². The average Bonchev–Trinajstić information content (AvgIpc) is 2.67. The molecule has 0 atom stereocenters. The van der Waals surface area contributed by atoms with Gasteiger partial charge in [-0.1, -0.05) is 30.3 Å². The molecular weight excluding hydrogens is 244 g/mol. The Morgan fingerprint density at radius 1 is 1.26 bits per heavy atom. The molecule has 0 spiro atoms. The van der Waals surface area contributed by atoms with Gasteiger partial charge in [0.05, 0.1) is 0 Å². The lowest BCUT2D eigenvalue weighted by Crippen LogP contribution is -2.25. The van der Waals surface area contributed by atoms with Crippen molar-refractivity contribution >= 4 is 5.91 Å². The summed E-state index contributed by atoms with van der Waals surface area (Å²) in [5.74, 6) is -1.03. The third-order valence-corrected chi connectivity index (χ3v) is 2.96. The van der Waals surface area contributed by atoms with Crippen LogP contribution < -0.4 is 0 Å². The number of rotatable bonds is 3. The molecule has 2 rings (SSSR count). The van der Waals surface area contributed by atoms with Gasteiger partial charge in [0.15, 0.2) is 5.75 Å². The summed E-state index contributed by atoms with van der Waals surface area (Å²) in [7, 11) is 3.21. The third-order valence-electron chi connectivity index (χ3n) is 2.96. The molecule has 0 saturated carbocycles. The van der Waals surface area contributed by atoms with E-state index in [9.17, 15) is 15.0 Å². The topological polar surface area (TPSA) is 65.7 Å². The van der Waals surface area contributed by atoms with Crippen LogP contribution >= 0.6 is 0 Å². The molecule has 19 heavy (non-hydrogen) atoms. The lowest BCUT2D eigenvalue weighted by Gasteiger charge is -2.16. The summed E-state index contributed by atoms with van der Waals surface area (Å²) in [6.45, 7) is 0.439. The molecule has 5 nitrogen and oxygen atoms in total. The number of hydrogen-bond donors (Lipinski definition) is 2. The summed E-state index contributed by atoms with van der Waals surface area (Å²) in [6, 6.07) is 9.56. The number of benzene rings is 1. The largest absolute Gasteiger partial charge is 0.503 e. The van der Waals surface area contributed by atoms with Gasteiger partial charge in [-0.2, -0.15) is 0 Å². The van der Waals surface area contributed by atoms with E-state index in [2.05, 4.69) is 0 Å². The van der Waals surface area contributed by atoms with Gasteiger partial charge < -0.3 is 19.7 Å². The maximum absolute atomic E-state index is 12.2. The highest BCUT2D eigenvalue weighted by Gasteiger charge is 2.21. The van der Waals surface area contributed by atoms with Gasteiger partial charge in [-0.05, 0) is 5.56 Å². The molecule has 5 heteroatoms. The first kappa shape index (κ1) is 13.0.